The van der Waals surface area contributed by atoms with Gasteiger partial charge < -0.3 is 20.3 Å². The first-order valence-electron chi connectivity index (χ1n) is 10.7. The van der Waals surface area contributed by atoms with Crippen LogP contribution < -0.4 is 10.1 Å². The molecule has 1 aromatic heterocycles. The number of carbonyl (C=O) groups excluding carboxylic acids is 1. The number of carboxylic acids is 1. The molecular formula is C26H22FN3O5. The van der Waals surface area contributed by atoms with Gasteiger partial charge >= 0.3 is 5.97 Å². The summed E-state index contributed by atoms with van der Waals surface area (Å²) in [4.78, 5) is 24.7. The maximum absolute atomic E-state index is 14.2. The van der Waals surface area contributed by atoms with Crippen LogP contribution >= 0.6 is 0 Å². The van der Waals surface area contributed by atoms with Crippen LogP contribution in [0.25, 0.3) is 16.8 Å². The van der Waals surface area contributed by atoms with E-state index in [1.54, 1.807) is 18.2 Å². The van der Waals surface area contributed by atoms with Gasteiger partial charge in [-0.3, -0.25) is 9.59 Å². The van der Waals surface area contributed by atoms with Crippen LogP contribution in [0.1, 0.15) is 28.5 Å². The Morgan fingerprint density at radius 2 is 1.74 bits per heavy atom. The molecule has 9 heteroatoms. The molecule has 4 aromatic rings. The molecule has 0 radical (unpaired) electrons. The van der Waals surface area contributed by atoms with E-state index in [1.165, 1.54) is 25.3 Å². The van der Waals surface area contributed by atoms with E-state index in [1.807, 2.05) is 36.4 Å². The van der Waals surface area contributed by atoms with Crippen molar-refractivity contribution >= 4 is 11.9 Å². The van der Waals surface area contributed by atoms with Gasteiger partial charge in [-0.15, -0.1) is 0 Å². The first-order valence-corrected chi connectivity index (χ1v) is 10.7. The minimum Gasteiger partial charge on any atom is -0.496 e. The number of aromatic hydroxyl groups is 1. The molecule has 1 atom stereocenters. The first-order chi connectivity index (χ1) is 16.9. The van der Waals surface area contributed by atoms with Gasteiger partial charge in [0.05, 0.1) is 19.6 Å². The maximum atomic E-state index is 14.2. The number of halogens is 1. The van der Waals surface area contributed by atoms with Crippen LogP contribution in [0.3, 0.4) is 0 Å². The van der Waals surface area contributed by atoms with Crippen molar-refractivity contribution in [1.82, 2.24) is 15.1 Å². The number of ether oxygens (including phenoxy) is 1. The summed E-state index contributed by atoms with van der Waals surface area (Å²) < 4.78 is 20.5. The largest absolute Gasteiger partial charge is 0.496 e. The first kappa shape index (κ1) is 23.5. The van der Waals surface area contributed by atoms with Crippen LogP contribution in [0.2, 0.25) is 0 Å². The third kappa shape index (κ3) is 5.14. The van der Waals surface area contributed by atoms with Gasteiger partial charge in [0.2, 0.25) is 5.88 Å². The van der Waals surface area contributed by atoms with E-state index < -0.39 is 36.0 Å². The van der Waals surface area contributed by atoms with E-state index in [9.17, 15) is 24.2 Å². The van der Waals surface area contributed by atoms with Crippen molar-refractivity contribution in [2.45, 2.75) is 12.5 Å². The molecule has 4 rings (SSSR count). The Kier molecular flexibility index (Phi) is 6.77. The minimum atomic E-state index is -1.14. The molecule has 1 amide bonds. The molecule has 0 aliphatic rings. The topological polar surface area (TPSA) is 114 Å². The lowest BCUT2D eigenvalue weighted by molar-refractivity contribution is -0.137. The predicted octanol–water partition coefficient (Wildman–Crippen LogP) is 4.34. The van der Waals surface area contributed by atoms with Crippen molar-refractivity contribution in [1.29, 1.82) is 0 Å². The smallest absolute Gasteiger partial charge is 0.305 e. The molecule has 0 spiro atoms. The molecule has 0 aliphatic carbocycles. The number of aliphatic carboxylic acids is 1. The molecule has 3 aromatic carbocycles. The number of carbonyl (C=O) groups is 2. The van der Waals surface area contributed by atoms with Crippen molar-refractivity contribution in [3.63, 3.8) is 0 Å². The van der Waals surface area contributed by atoms with Gasteiger partial charge in [-0.25, -0.2) is 4.39 Å². The number of benzene rings is 3. The van der Waals surface area contributed by atoms with E-state index in [2.05, 4.69) is 10.4 Å². The standard InChI is InChI=1S/C26H22FN3O5/c1-35-23-12-11-17(16-7-3-2-4-8-16)13-18(23)20(15-25(32)33)28-26(34)21-14-24(31)30(29-21)22-10-6-5-9-19(22)27/h2-14,20,31H,15H2,1H3,(H,28,34)(H,32,33). The van der Waals surface area contributed by atoms with Gasteiger partial charge in [-0.1, -0.05) is 48.5 Å². The third-order valence-corrected chi connectivity index (χ3v) is 5.40. The van der Waals surface area contributed by atoms with E-state index in [0.29, 0.717) is 11.3 Å². The van der Waals surface area contributed by atoms with Crippen molar-refractivity contribution in [3.8, 4) is 28.4 Å². The zero-order valence-corrected chi connectivity index (χ0v) is 18.7. The number of methoxy groups -OCH3 is 1. The second kappa shape index (κ2) is 10.1. The fourth-order valence-electron chi connectivity index (χ4n) is 3.75. The van der Waals surface area contributed by atoms with Crippen molar-refractivity contribution in [3.05, 3.63) is 95.9 Å². The summed E-state index contributed by atoms with van der Waals surface area (Å²) in [6.45, 7) is 0. The summed E-state index contributed by atoms with van der Waals surface area (Å²) in [7, 11) is 1.45. The quantitative estimate of drug-likeness (QED) is 0.349. The fraction of sp³-hybridized carbons (Fsp3) is 0.115. The number of nitrogens with one attached hydrogen (secondary N) is 1. The highest BCUT2D eigenvalue weighted by molar-refractivity contribution is 5.93. The summed E-state index contributed by atoms with van der Waals surface area (Å²) in [5.74, 6) is -2.56. The summed E-state index contributed by atoms with van der Waals surface area (Å²) in [5, 5.41) is 26.4. The number of aromatic nitrogens is 2. The van der Waals surface area contributed by atoms with Gasteiger partial charge in [-0.2, -0.15) is 9.78 Å². The average molecular weight is 475 g/mol. The zero-order chi connectivity index (χ0) is 24.9. The number of para-hydroxylation sites is 1. The SMILES string of the molecule is COc1ccc(-c2ccccc2)cc1C(CC(=O)O)NC(=O)c1cc(O)n(-c2ccccc2F)n1. The van der Waals surface area contributed by atoms with Crippen LogP contribution in [0.5, 0.6) is 11.6 Å². The normalized spacial score (nSPS) is 11.6. The second-order valence-corrected chi connectivity index (χ2v) is 7.70. The summed E-state index contributed by atoms with van der Waals surface area (Å²) in [5.41, 5.74) is 1.93. The van der Waals surface area contributed by atoms with Crippen molar-refractivity contribution in [2.24, 2.45) is 0 Å². The lowest BCUT2D eigenvalue weighted by Gasteiger charge is -2.20. The Balaban J connectivity index is 1.68. The van der Waals surface area contributed by atoms with Gasteiger partial charge in [-0.05, 0) is 35.4 Å². The molecule has 0 bridgehead atoms. The highest BCUT2D eigenvalue weighted by Crippen LogP contribution is 2.33. The summed E-state index contributed by atoms with van der Waals surface area (Å²) in [6.07, 6.45) is -0.430. The molecule has 3 N–H and O–H groups in total. The fourth-order valence-corrected chi connectivity index (χ4v) is 3.75. The highest BCUT2D eigenvalue weighted by Gasteiger charge is 2.25. The Morgan fingerprint density at radius 3 is 2.43 bits per heavy atom. The lowest BCUT2D eigenvalue weighted by atomic mass is 9.96. The Morgan fingerprint density at radius 1 is 1.03 bits per heavy atom. The Labute approximate surface area is 200 Å². The number of carboxylic acid groups (broad SMARTS) is 1. The van der Waals surface area contributed by atoms with Gasteiger partial charge in [0.1, 0.15) is 17.3 Å². The molecule has 1 heterocycles. The molecule has 0 saturated heterocycles. The van der Waals surface area contributed by atoms with Crippen LogP contribution in [0, 0.1) is 5.82 Å². The summed E-state index contributed by atoms with van der Waals surface area (Å²) in [6, 6.07) is 20.5. The van der Waals surface area contributed by atoms with E-state index in [0.717, 1.165) is 21.9 Å². The highest BCUT2D eigenvalue weighted by atomic mass is 19.1. The van der Waals surface area contributed by atoms with Gasteiger partial charge in [0.15, 0.2) is 5.69 Å². The number of rotatable bonds is 8. The molecule has 0 fully saturated rings. The number of hydrogen-bond acceptors (Lipinski definition) is 5. The lowest BCUT2D eigenvalue weighted by Crippen LogP contribution is -2.31. The minimum absolute atomic E-state index is 0.0385. The van der Waals surface area contributed by atoms with Crippen LogP contribution in [-0.4, -0.2) is 39.0 Å². The average Bonchev–Trinajstić information content (AvgIpc) is 3.25. The molecule has 178 valence electrons. The van der Waals surface area contributed by atoms with E-state index >= 15 is 0 Å². The Bertz CT molecular complexity index is 1370. The van der Waals surface area contributed by atoms with E-state index in [4.69, 9.17) is 4.74 Å². The van der Waals surface area contributed by atoms with Crippen molar-refractivity contribution in [2.75, 3.05) is 7.11 Å². The predicted molar refractivity (Wildman–Crippen MR) is 126 cm³/mol. The Hall–Kier alpha value is -4.66. The van der Waals surface area contributed by atoms with Gasteiger partial charge in [0.25, 0.3) is 5.91 Å². The maximum Gasteiger partial charge on any atom is 0.305 e. The molecule has 35 heavy (non-hydrogen) atoms. The van der Waals surface area contributed by atoms with Crippen LogP contribution in [-0.2, 0) is 4.79 Å². The molecule has 0 aliphatic heterocycles. The van der Waals surface area contributed by atoms with Crippen LogP contribution in [0.4, 0.5) is 4.39 Å². The van der Waals surface area contributed by atoms with Crippen LogP contribution in [0.15, 0.2) is 78.9 Å². The number of hydrogen-bond donors (Lipinski definition) is 3. The van der Waals surface area contributed by atoms with Gasteiger partial charge in [0, 0.05) is 11.6 Å². The number of amides is 1. The van der Waals surface area contributed by atoms with E-state index in [-0.39, 0.29) is 11.4 Å². The third-order valence-electron chi connectivity index (χ3n) is 5.40. The van der Waals surface area contributed by atoms with Crippen molar-refractivity contribution < 1.29 is 28.9 Å². The molecule has 8 nitrogen and oxygen atoms in total. The monoisotopic (exact) mass is 475 g/mol. The second-order valence-electron chi connectivity index (χ2n) is 7.70. The zero-order valence-electron chi connectivity index (χ0n) is 18.7. The summed E-state index contributed by atoms with van der Waals surface area (Å²) >= 11 is 0. The molecular weight excluding hydrogens is 453 g/mol. The molecule has 0 saturated carbocycles. The number of nitrogens with zero attached hydrogens (tertiary/aromatic N) is 2. The molecule has 1 unspecified atom stereocenters.